The Morgan fingerprint density at radius 1 is 1.45 bits per heavy atom. The largest absolute Gasteiger partial charge is 0.508 e. The highest BCUT2D eigenvalue weighted by Crippen LogP contribution is 2.25. The van der Waals surface area contributed by atoms with Crippen LogP contribution in [0.4, 0.5) is 5.69 Å². The molecule has 0 unspecified atom stereocenters. The van der Waals surface area contributed by atoms with Crippen LogP contribution in [0.5, 0.6) is 5.75 Å². The SMILES string of the molecule is CCN(C(=O)CCn1ccnn1)c1cc(O)ccc1C. The molecule has 106 valence electrons. The molecule has 2 aromatic rings. The molecule has 1 aromatic carbocycles. The maximum atomic E-state index is 12.3. The van der Waals surface area contributed by atoms with E-state index in [4.69, 9.17) is 0 Å². The zero-order chi connectivity index (χ0) is 14.5. The number of aromatic hydroxyl groups is 1. The van der Waals surface area contributed by atoms with E-state index in [9.17, 15) is 9.90 Å². The zero-order valence-corrected chi connectivity index (χ0v) is 11.7. The molecule has 20 heavy (non-hydrogen) atoms. The van der Waals surface area contributed by atoms with E-state index in [-0.39, 0.29) is 11.7 Å². The number of aryl methyl sites for hydroxylation is 2. The topological polar surface area (TPSA) is 71.2 Å². The summed E-state index contributed by atoms with van der Waals surface area (Å²) in [6, 6.07) is 5.04. The van der Waals surface area contributed by atoms with E-state index in [1.165, 1.54) is 0 Å². The Hall–Kier alpha value is -2.37. The minimum absolute atomic E-state index is 0.00306. The van der Waals surface area contributed by atoms with Crippen LogP contribution in [0.3, 0.4) is 0 Å². The maximum absolute atomic E-state index is 12.3. The summed E-state index contributed by atoms with van der Waals surface area (Å²) in [4.78, 5) is 14.0. The lowest BCUT2D eigenvalue weighted by Gasteiger charge is -2.23. The molecule has 1 heterocycles. The summed E-state index contributed by atoms with van der Waals surface area (Å²) in [5, 5.41) is 17.1. The molecule has 1 N–H and O–H groups in total. The first-order valence-corrected chi connectivity index (χ1v) is 6.56. The number of carbonyl (C=O) groups excluding carboxylic acids is 1. The first-order chi connectivity index (χ1) is 9.61. The second-order valence-corrected chi connectivity index (χ2v) is 4.52. The van der Waals surface area contributed by atoms with E-state index < -0.39 is 0 Å². The van der Waals surface area contributed by atoms with Crippen molar-refractivity contribution in [3.63, 3.8) is 0 Å². The van der Waals surface area contributed by atoms with Gasteiger partial charge in [-0.05, 0) is 25.5 Å². The fourth-order valence-electron chi connectivity index (χ4n) is 2.07. The van der Waals surface area contributed by atoms with Crippen molar-refractivity contribution in [1.82, 2.24) is 15.0 Å². The lowest BCUT2D eigenvalue weighted by atomic mass is 10.1. The second-order valence-electron chi connectivity index (χ2n) is 4.52. The molecule has 1 amide bonds. The number of amides is 1. The Morgan fingerprint density at radius 3 is 2.90 bits per heavy atom. The van der Waals surface area contributed by atoms with E-state index in [2.05, 4.69) is 10.3 Å². The summed E-state index contributed by atoms with van der Waals surface area (Å²) >= 11 is 0. The zero-order valence-electron chi connectivity index (χ0n) is 11.7. The van der Waals surface area contributed by atoms with Crippen LogP contribution in [-0.2, 0) is 11.3 Å². The molecule has 2 rings (SSSR count). The Bertz CT molecular complexity index is 581. The van der Waals surface area contributed by atoms with Gasteiger partial charge in [0.15, 0.2) is 0 Å². The molecule has 0 aliphatic carbocycles. The quantitative estimate of drug-likeness (QED) is 0.901. The number of aromatic nitrogens is 3. The molecule has 0 bridgehead atoms. The maximum Gasteiger partial charge on any atom is 0.228 e. The van der Waals surface area contributed by atoms with Crippen molar-refractivity contribution < 1.29 is 9.90 Å². The van der Waals surface area contributed by atoms with Gasteiger partial charge in [-0.1, -0.05) is 11.3 Å². The summed E-state index contributed by atoms with van der Waals surface area (Å²) in [6.07, 6.45) is 3.65. The predicted octanol–water partition coefficient (Wildman–Crippen LogP) is 1.74. The highest BCUT2D eigenvalue weighted by molar-refractivity contribution is 5.94. The van der Waals surface area contributed by atoms with E-state index in [1.807, 2.05) is 13.8 Å². The molecule has 0 aliphatic rings. The van der Waals surface area contributed by atoms with Crippen LogP contribution in [0.25, 0.3) is 0 Å². The molecule has 0 saturated heterocycles. The number of hydrogen-bond acceptors (Lipinski definition) is 4. The molecule has 0 fully saturated rings. The molecule has 0 spiro atoms. The van der Waals surface area contributed by atoms with Crippen LogP contribution in [0.1, 0.15) is 18.9 Å². The normalized spacial score (nSPS) is 10.5. The third kappa shape index (κ3) is 3.14. The van der Waals surface area contributed by atoms with Crippen LogP contribution in [-0.4, -0.2) is 32.6 Å². The number of phenols is 1. The van der Waals surface area contributed by atoms with Gasteiger partial charge in [0.1, 0.15) is 5.75 Å². The molecular weight excluding hydrogens is 256 g/mol. The fourth-order valence-corrected chi connectivity index (χ4v) is 2.07. The van der Waals surface area contributed by atoms with Crippen LogP contribution in [0.15, 0.2) is 30.6 Å². The summed E-state index contributed by atoms with van der Waals surface area (Å²) in [6.45, 7) is 4.88. The summed E-state index contributed by atoms with van der Waals surface area (Å²) in [5.74, 6) is 0.157. The minimum atomic E-state index is -0.00306. The van der Waals surface area contributed by atoms with Gasteiger partial charge in [0, 0.05) is 25.2 Å². The Kier molecular flexibility index (Phi) is 4.34. The average molecular weight is 274 g/mol. The van der Waals surface area contributed by atoms with Gasteiger partial charge in [-0.15, -0.1) is 5.10 Å². The van der Waals surface area contributed by atoms with Gasteiger partial charge in [0.2, 0.25) is 5.91 Å². The van der Waals surface area contributed by atoms with E-state index in [0.717, 1.165) is 11.3 Å². The van der Waals surface area contributed by atoms with Gasteiger partial charge in [-0.25, -0.2) is 0 Å². The molecule has 6 nitrogen and oxygen atoms in total. The monoisotopic (exact) mass is 274 g/mol. The number of anilines is 1. The molecule has 0 saturated carbocycles. The summed E-state index contributed by atoms with van der Waals surface area (Å²) < 4.78 is 1.63. The number of phenolic OH excluding ortho intramolecular Hbond substituents is 1. The van der Waals surface area contributed by atoms with Crippen LogP contribution < -0.4 is 4.90 Å². The van der Waals surface area contributed by atoms with Gasteiger partial charge in [0.25, 0.3) is 0 Å². The number of rotatable bonds is 5. The predicted molar refractivity (Wildman–Crippen MR) is 75.5 cm³/mol. The first kappa shape index (κ1) is 14.0. The molecule has 6 heteroatoms. The van der Waals surface area contributed by atoms with Crippen molar-refractivity contribution >= 4 is 11.6 Å². The third-order valence-corrected chi connectivity index (χ3v) is 3.13. The lowest BCUT2D eigenvalue weighted by Crippen LogP contribution is -2.31. The van der Waals surface area contributed by atoms with Crippen molar-refractivity contribution in [2.45, 2.75) is 26.8 Å². The molecule has 0 aliphatic heterocycles. The van der Waals surface area contributed by atoms with Crippen molar-refractivity contribution in [1.29, 1.82) is 0 Å². The smallest absolute Gasteiger partial charge is 0.228 e. The second kappa shape index (κ2) is 6.18. The minimum Gasteiger partial charge on any atom is -0.508 e. The Labute approximate surface area is 117 Å². The Morgan fingerprint density at radius 2 is 2.25 bits per heavy atom. The third-order valence-electron chi connectivity index (χ3n) is 3.13. The standard InChI is InChI=1S/C14H18N4O2/c1-3-18(13-10-12(19)5-4-11(13)2)14(20)6-8-17-9-7-15-16-17/h4-5,7,9-10,19H,3,6,8H2,1-2H3. The van der Waals surface area contributed by atoms with E-state index >= 15 is 0 Å². The van der Waals surface area contributed by atoms with Crippen molar-refractivity contribution in [2.24, 2.45) is 0 Å². The van der Waals surface area contributed by atoms with Gasteiger partial charge in [0.05, 0.1) is 18.4 Å². The van der Waals surface area contributed by atoms with Crippen molar-refractivity contribution in [3.8, 4) is 5.75 Å². The molecular formula is C14H18N4O2. The van der Waals surface area contributed by atoms with Crippen LogP contribution >= 0.6 is 0 Å². The number of benzene rings is 1. The first-order valence-electron chi connectivity index (χ1n) is 6.56. The fraction of sp³-hybridized carbons (Fsp3) is 0.357. The van der Waals surface area contributed by atoms with Gasteiger partial charge in [-0.3, -0.25) is 9.48 Å². The summed E-state index contributed by atoms with van der Waals surface area (Å²) in [5.41, 5.74) is 1.70. The Balaban J connectivity index is 2.10. The van der Waals surface area contributed by atoms with Crippen LogP contribution in [0, 0.1) is 6.92 Å². The van der Waals surface area contributed by atoms with E-state index in [1.54, 1.807) is 40.2 Å². The number of carbonyl (C=O) groups is 1. The summed E-state index contributed by atoms with van der Waals surface area (Å²) in [7, 11) is 0. The van der Waals surface area contributed by atoms with Gasteiger partial charge in [-0.2, -0.15) is 0 Å². The van der Waals surface area contributed by atoms with Crippen LogP contribution in [0.2, 0.25) is 0 Å². The van der Waals surface area contributed by atoms with Gasteiger partial charge < -0.3 is 10.0 Å². The lowest BCUT2D eigenvalue weighted by molar-refractivity contribution is -0.118. The molecule has 0 radical (unpaired) electrons. The van der Waals surface area contributed by atoms with Crippen molar-refractivity contribution in [3.05, 3.63) is 36.2 Å². The van der Waals surface area contributed by atoms with Gasteiger partial charge >= 0.3 is 0 Å². The highest BCUT2D eigenvalue weighted by Gasteiger charge is 2.16. The molecule has 0 atom stereocenters. The molecule has 1 aromatic heterocycles. The number of nitrogens with zero attached hydrogens (tertiary/aromatic N) is 4. The average Bonchev–Trinajstić information content (AvgIpc) is 2.94. The highest BCUT2D eigenvalue weighted by atomic mass is 16.3. The van der Waals surface area contributed by atoms with Crippen molar-refractivity contribution in [2.75, 3.05) is 11.4 Å². The van der Waals surface area contributed by atoms with E-state index in [0.29, 0.717) is 19.5 Å². The number of hydrogen-bond donors (Lipinski definition) is 1.